The van der Waals surface area contributed by atoms with Crippen molar-refractivity contribution in [1.82, 2.24) is 4.31 Å². The Kier molecular flexibility index (Phi) is 5.68. The van der Waals surface area contributed by atoms with Crippen LogP contribution in [0, 0.1) is 0 Å². The van der Waals surface area contributed by atoms with Gasteiger partial charge in [-0.1, -0.05) is 12.8 Å². The Labute approximate surface area is 98.0 Å². The van der Waals surface area contributed by atoms with Crippen molar-refractivity contribution < 1.29 is 13.2 Å². The first-order valence-corrected chi connectivity index (χ1v) is 7.31. The fourth-order valence-electron chi connectivity index (χ4n) is 2.10. The summed E-state index contributed by atoms with van der Waals surface area (Å²) in [4.78, 5) is 0. The molecule has 1 aliphatic carbocycles. The molecule has 0 bridgehead atoms. The molecular formula is C10H22N2O3S. The van der Waals surface area contributed by atoms with Crippen LogP contribution in [0.25, 0.3) is 0 Å². The number of hydrogen-bond donors (Lipinski definition) is 1. The third-order valence-corrected chi connectivity index (χ3v) is 5.41. The second-order valence-electron chi connectivity index (χ2n) is 4.13. The molecule has 0 saturated heterocycles. The minimum absolute atomic E-state index is 0.198. The molecule has 0 aromatic rings. The van der Waals surface area contributed by atoms with E-state index in [1.165, 1.54) is 4.31 Å². The normalized spacial score (nSPS) is 18.4. The summed E-state index contributed by atoms with van der Waals surface area (Å²) < 4.78 is 30.9. The molecule has 0 aromatic heterocycles. The zero-order chi connectivity index (χ0) is 12.0. The van der Waals surface area contributed by atoms with Gasteiger partial charge in [0.2, 0.25) is 10.0 Å². The zero-order valence-corrected chi connectivity index (χ0v) is 10.7. The lowest BCUT2D eigenvalue weighted by Gasteiger charge is -2.24. The molecule has 0 amide bonds. The second-order valence-corrected chi connectivity index (χ2v) is 6.34. The summed E-state index contributed by atoms with van der Waals surface area (Å²) in [5, 5.41) is -0.198. The number of nitrogens with two attached hydrogens (primary N) is 1. The highest BCUT2D eigenvalue weighted by Crippen LogP contribution is 2.26. The maximum absolute atomic E-state index is 12.2. The average Bonchev–Trinajstić information content (AvgIpc) is 2.77. The first-order valence-electron chi connectivity index (χ1n) is 5.81. The quantitative estimate of drug-likeness (QED) is 0.699. The van der Waals surface area contributed by atoms with Crippen molar-refractivity contribution in [2.45, 2.75) is 30.9 Å². The number of ether oxygens (including phenoxy) is 1. The van der Waals surface area contributed by atoms with Crippen molar-refractivity contribution in [3.63, 3.8) is 0 Å². The Morgan fingerprint density at radius 2 is 1.94 bits per heavy atom. The summed E-state index contributed by atoms with van der Waals surface area (Å²) in [5.41, 5.74) is 5.45. The standard InChI is InChI=1S/C10H22N2O3S/c1-15-9-8-12(7-6-11)16(13,14)10-4-2-3-5-10/h10H,2-9,11H2,1H3. The molecule has 0 radical (unpaired) electrons. The molecule has 2 N–H and O–H groups in total. The van der Waals surface area contributed by atoms with Crippen LogP contribution >= 0.6 is 0 Å². The van der Waals surface area contributed by atoms with Crippen molar-refractivity contribution >= 4 is 10.0 Å². The molecule has 16 heavy (non-hydrogen) atoms. The predicted molar refractivity (Wildman–Crippen MR) is 63.7 cm³/mol. The Bertz CT molecular complexity index is 286. The van der Waals surface area contributed by atoms with Gasteiger partial charge in [0, 0.05) is 26.7 Å². The van der Waals surface area contributed by atoms with Crippen molar-refractivity contribution in [3.8, 4) is 0 Å². The lowest BCUT2D eigenvalue weighted by molar-refractivity contribution is 0.179. The Hall–Kier alpha value is -0.170. The molecule has 5 nitrogen and oxygen atoms in total. The van der Waals surface area contributed by atoms with Gasteiger partial charge in [-0.25, -0.2) is 8.42 Å². The number of sulfonamides is 1. The molecule has 1 saturated carbocycles. The fourth-order valence-corrected chi connectivity index (χ4v) is 4.14. The van der Waals surface area contributed by atoms with Crippen molar-refractivity contribution in [2.75, 3.05) is 33.4 Å². The van der Waals surface area contributed by atoms with Gasteiger partial charge in [0.15, 0.2) is 0 Å². The highest BCUT2D eigenvalue weighted by Gasteiger charge is 2.33. The van der Waals surface area contributed by atoms with E-state index in [4.69, 9.17) is 10.5 Å². The summed E-state index contributed by atoms with van der Waals surface area (Å²) in [6.45, 7) is 1.58. The van der Waals surface area contributed by atoms with E-state index < -0.39 is 10.0 Å². The van der Waals surface area contributed by atoms with Gasteiger partial charge in [0.1, 0.15) is 0 Å². The van der Waals surface area contributed by atoms with Crippen LogP contribution in [0.4, 0.5) is 0 Å². The molecular weight excluding hydrogens is 228 g/mol. The van der Waals surface area contributed by atoms with Crippen molar-refractivity contribution in [3.05, 3.63) is 0 Å². The van der Waals surface area contributed by atoms with E-state index in [1.54, 1.807) is 7.11 Å². The number of rotatable bonds is 7. The molecule has 1 fully saturated rings. The first kappa shape index (κ1) is 13.9. The molecule has 0 unspecified atom stereocenters. The van der Waals surface area contributed by atoms with Crippen LogP contribution in [0.5, 0.6) is 0 Å². The third kappa shape index (κ3) is 3.41. The monoisotopic (exact) mass is 250 g/mol. The second kappa shape index (κ2) is 6.54. The highest BCUT2D eigenvalue weighted by molar-refractivity contribution is 7.89. The molecule has 0 aromatic carbocycles. The minimum Gasteiger partial charge on any atom is -0.383 e. The van der Waals surface area contributed by atoms with Gasteiger partial charge in [0.05, 0.1) is 11.9 Å². The first-order chi connectivity index (χ1) is 7.62. The molecule has 96 valence electrons. The van der Waals surface area contributed by atoms with Gasteiger partial charge in [-0.15, -0.1) is 0 Å². The van der Waals surface area contributed by atoms with Crippen LogP contribution < -0.4 is 5.73 Å². The van der Waals surface area contributed by atoms with E-state index in [0.29, 0.717) is 26.2 Å². The lowest BCUT2D eigenvalue weighted by Crippen LogP contribution is -2.42. The van der Waals surface area contributed by atoms with Gasteiger partial charge in [0.25, 0.3) is 0 Å². The van der Waals surface area contributed by atoms with Gasteiger partial charge in [-0.05, 0) is 12.8 Å². The summed E-state index contributed by atoms with van der Waals surface area (Å²) in [5.74, 6) is 0. The Morgan fingerprint density at radius 1 is 1.31 bits per heavy atom. The van der Waals surface area contributed by atoms with Crippen LogP contribution in [0.2, 0.25) is 0 Å². The smallest absolute Gasteiger partial charge is 0.217 e. The summed E-state index contributed by atoms with van der Waals surface area (Å²) in [7, 11) is -1.59. The largest absolute Gasteiger partial charge is 0.383 e. The van der Waals surface area contributed by atoms with E-state index in [0.717, 1.165) is 25.7 Å². The number of hydrogen-bond acceptors (Lipinski definition) is 4. The minimum atomic E-state index is -3.16. The molecule has 0 aliphatic heterocycles. The van der Waals surface area contributed by atoms with E-state index in [-0.39, 0.29) is 5.25 Å². The molecule has 6 heteroatoms. The van der Waals surface area contributed by atoms with Crippen LogP contribution in [-0.4, -0.2) is 51.3 Å². The molecule has 0 heterocycles. The van der Waals surface area contributed by atoms with Gasteiger partial charge in [-0.3, -0.25) is 0 Å². The van der Waals surface area contributed by atoms with E-state index in [9.17, 15) is 8.42 Å². The van der Waals surface area contributed by atoms with Crippen LogP contribution in [0.15, 0.2) is 0 Å². The van der Waals surface area contributed by atoms with Crippen molar-refractivity contribution in [1.29, 1.82) is 0 Å². The number of methoxy groups -OCH3 is 1. The van der Waals surface area contributed by atoms with Gasteiger partial charge in [-0.2, -0.15) is 4.31 Å². The maximum atomic E-state index is 12.2. The summed E-state index contributed by atoms with van der Waals surface area (Å²) >= 11 is 0. The highest BCUT2D eigenvalue weighted by atomic mass is 32.2. The van der Waals surface area contributed by atoms with Gasteiger partial charge < -0.3 is 10.5 Å². The van der Waals surface area contributed by atoms with Gasteiger partial charge >= 0.3 is 0 Å². The Balaban J connectivity index is 2.66. The Morgan fingerprint density at radius 3 is 2.44 bits per heavy atom. The summed E-state index contributed by atoms with van der Waals surface area (Å²) in [6.07, 6.45) is 3.61. The van der Waals surface area contributed by atoms with E-state index in [1.807, 2.05) is 0 Å². The number of nitrogens with zero attached hydrogens (tertiary/aromatic N) is 1. The maximum Gasteiger partial charge on any atom is 0.217 e. The van der Waals surface area contributed by atoms with Crippen LogP contribution in [-0.2, 0) is 14.8 Å². The molecule has 0 spiro atoms. The third-order valence-electron chi connectivity index (χ3n) is 3.01. The topological polar surface area (TPSA) is 72.6 Å². The van der Waals surface area contributed by atoms with Crippen molar-refractivity contribution in [2.24, 2.45) is 5.73 Å². The SMILES string of the molecule is COCCN(CCN)S(=O)(=O)C1CCCC1. The fraction of sp³-hybridized carbons (Fsp3) is 1.00. The average molecular weight is 250 g/mol. The molecule has 0 atom stereocenters. The van der Waals surface area contributed by atoms with Crippen LogP contribution in [0.1, 0.15) is 25.7 Å². The van der Waals surface area contributed by atoms with Crippen LogP contribution in [0.3, 0.4) is 0 Å². The summed E-state index contributed by atoms with van der Waals surface area (Å²) in [6, 6.07) is 0. The van der Waals surface area contributed by atoms with E-state index in [2.05, 4.69) is 0 Å². The lowest BCUT2D eigenvalue weighted by atomic mass is 10.4. The van der Waals surface area contributed by atoms with E-state index >= 15 is 0 Å². The molecule has 1 aliphatic rings. The molecule has 1 rings (SSSR count). The predicted octanol–water partition coefficient (Wildman–Crippen LogP) is 0.166. The zero-order valence-electron chi connectivity index (χ0n) is 9.89.